The summed E-state index contributed by atoms with van der Waals surface area (Å²) in [5, 5.41) is 0.937. The van der Waals surface area contributed by atoms with E-state index in [0.717, 1.165) is 5.39 Å². The first-order valence-corrected chi connectivity index (χ1v) is 8.34. The van der Waals surface area contributed by atoms with Crippen LogP contribution in [0.25, 0.3) is 22.2 Å². The van der Waals surface area contributed by atoms with E-state index in [1.54, 1.807) is 37.5 Å². The molecule has 0 fully saturated rings. The number of para-hydroxylation sites is 1. The Morgan fingerprint density at radius 3 is 2.71 bits per heavy atom. The van der Waals surface area contributed by atoms with Crippen LogP contribution in [0.5, 0.6) is 0 Å². The Kier molecular flexibility index (Phi) is 3.43. The molecule has 21 heavy (non-hydrogen) atoms. The number of aromatic nitrogens is 3. The maximum absolute atomic E-state index is 12.2. The van der Waals surface area contributed by atoms with Gasteiger partial charge in [0.2, 0.25) is 15.3 Å². The third-order valence-electron chi connectivity index (χ3n) is 3.24. The predicted molar refractivity (Wildman–Crippen MR) is 82.8 cm³/mol. The minimum absolute atomic E-state index is 0.0235. The number of nitrogens with zero attached hydrogens (tertiary/aromatic N) is 3. The third-order valence-corrected chi connectivity index (χ3v) is 5.06. The standard InChI is InChI=1S/C14H12ClN3O2S/c1-2-21(19,20)18-9-11(10-5-3-4-6-13(10)18)12-7-8-16-14(15)17-12/h3-9H,2H2,1H3. The monoisotopic (exact) mass is 321 g/mol. The van der Waals surface area contributed by atoms with Gasteiger partial charge in [0.15, 0.2) is 0 Å². The fraction of sp³-hybridized carbons (Fsp3) is 0.143. The summed E-state index contributed by atoms with van der Waals surface area (Å²) in [5.74, 6) is 0.0235. The van der Waals surface area contributed by atoms with Crippen molar-refractivity contribution in [3.63, 3.8) is 0 Å². The number of halogens is 1. The lowest BCUT2D eigenvalue weighted by Crippen LogP contribution is -2.13. The van der Waals surface area contributed by atoms with Gasteiger partial charge in [-0.05, 0) is 30.7 Å². The van der Waals surface area contributed by atoms with Crippen molar-refractivity contribution in [1.29, 1.82) is 0 Å². The molecule has 3 rings (SSSR count). The fourth-order valence-electron chi connectivity index (χ4n) is 2.21. The maximum atomic E-state index is 12.2. The lowest BCUT2D eigenvalue weighted by Gasteiger charge is -2.03. The summed E-state index contributed by atoms with van der Waals surface area (Å²) in [6, 6.07) is 9.01. The molecule has 1 aromatic carbocycles. The second kappa shape index (κ2) is 5.13. The molecule has 7 heteroatoms. The Balaban J connectivity index is 2.35. The van der Waals surface area contributed by atoms with Crippen LogP contribution in [0.1, 0.15) is 6.92 Å². The van der Waals surface area contributed by atoms with Crippen LogP contribution in [-0.4, -0.2) is 28.1 Å². The molecule has 5 nitrogen and oxygen atoms in total. The lowest BCUT2D eigenvalue weighted by molar-refractivity contribution is 0.590. The van der Waals surface area contributed by atoms with Gasteiger partial charge in [0.25, 0.3) is 0 Å². The van der Waals surface area contributed by atoms with Gasteiger partial charge in [-0.15, -0.1) is 0 Å². The Labute approximate surface area is 127 Å². The fourth-order valence-corrected chi connectivity index (χ4v) is 3.36. The molecule has 3 aromatic rings. The van der Waals surface area contributed by atoms with E-state index in [4.69, 9.17) is 11.6 Å². The summed E-state index contributed by atoms with van der Waals surface area (Å²) < 4.78 is 25.8. The molecule has 0 aliphatic carbocycles. The molecule has 2 heterocycles. The molecule has 0 radical (unpaired) electrons. The molecule has 0 saturated heterocycles. The molecule has 108 valence electrons. The Morgan fingerprint density at radius 1 is 1.24 bits per heavy atom. The first-order chi connectivity index (χ1) is 10.0. The lowest BCUT2D eigenvalue weighted by atomic mass is 10.1. The van der Waals surface area contributed by atoms with Crippen molar-refractivity contribution in [1.82, 2.24) is 13.9 Å². The summed E-state index contributed by atoms with van der Waals surface area (Å²) in [6.45, 7) is 1.62. The molecule has 0 N–H and O–H groups in total. The van der Waals surface area contributed by atoms with Gasteiger partial charge in [0.05, 0.1) is 17.0 Å². The van der Waals surface area contributed by atoms with Crippen molar-refractivity contribution in [2.75, 3.05) is 5.75 Å². The second-order valence-corrected chi connectivity index (χ2v) is 6.94. The van der Waals surface area contributed by atoms with E-state index in [9.17, 15) is 8.42 Å². The third kappa shape index (κ3) is 2.41. The van der Waals surface area contributed by atoms with Gasteiger partial charge in [-0.2, -0.15) is 0 Å². The first kappa shape index (κ1) is 14.0. The van der Waals surface area contributed by atoms with Crippen LogP contribution in [-0.2, 0) is 10.0 Å². The molecule has 0 atom stereocenters. The summed E-state index contributed by atoms with van der Waals surface area (Å²) in [6.07, 6.45) is 3.13. The van der Waals surface area contributed by atoms with Crippen molar-refractivity contribution in [2.45, 2.75) is 6.92 Å². The van der Waals surface area contributed by atoms with Gasteiger partial charge in [0, 0.05) is 23.3 Å². The van der Waals surface area contributed by atoms with E-state index < -0.39 is 10.0 Å². The van der Waals surface area contributed by atoms with E-state index >= 15 is 0 Å². The summed E-state index contributed by atoms with van der Waals surface area (Å²) in [4.78, 5) is 8.01. The van der Waals surface area contributed by atoms with E-state index in [-0.39, 0.29) is 11.0 Å². The van der Waals surface area contributed by atoms with Gasteiger partial charge in [-0.25, -0.2) is 22.4 Å². The maximum Gasteiger partial charge on any atom is 0.238 e. The van der Waals surface area contributed by atoms with Crippen LogP contribution in [0.15, 0.2) is 42.7 Å². The summed E-state index contributed by atoms with van der Waals surface area (Å²) in [7, 11) is -3.38. The molecule has 0 saturated carbocycles. The Morgan fingerprint density at radius 2 is 2.00 bits per heavy atom. The van der Waals surface area contributed by atoms with Gasteiger partial charge in [-0.3, -0.25) is 0 Å². The first-order valence-electron chi connectivity index (χ1n) is 6.35. The zero-order valence-corrected chi connectivity index (χ0v) is 12.8. The van der Waals surface area contributed by atoms with Crippen molar-refractivity contribution in [3.8, 4) is 11.3 Å². The minimum atomic E-state index is -3.38. The van der Waals surface area contributed by atoms with Crippen LogP contribution < -0.4 is 0 Å². The minimum Gasteiger partial charge on any atom is -0.244 e. The van der Waals surface area contributed by atoms with Crippen LogP contribution >= 0.6 is 11.6 Å². The molecule has 0 amide bonds. The Bertz CT molecular complexity index is 919. The zero-order chi connectivity index (χ0) is 15.0. The van der Waals surface area contributed by atoms with E-state index in [0.29, 0.717) is 16.8 Å². The highest BCUT2D eigenvalue weighted by molar-refractivity contribution is 7.90. The topological polar surface area (TPSA) is 64.8 Å². The van der Waals surface area contributed by atoms with E-state index in [2.05, 4.69) is 9.97 Å². The number of rotatable bonds is 3. The number of benzene rings is 1. The number of hydrogen-bond acceptors (Lipinski definition) is 4. The Hall–Kier alpha value is -1.92. The molecule has 0 spiro atoms. The van der Waals surface area contributed by atoms with Gasteiger partial charge >= 0.3 is 0 Å². The average molecular weight is 322 g/mol. The second-order valence-electron chi connectivity index (χ2n) is 4.47. The quantitative estimate of drug-likeness (QED) is 0.696. The highest BCUT2D eigenvalue weighted by atomic mass is 35.5. The summed E-state index contributed by atoms with van der Waals surface area (Å²) >= 11 is 5.82. The largest absolute Gasteiger partial charge is 0.244 e. The van der Waals surface area contributed by atoms with Gasteiger partial charge in [-0.1, -0.05) is 18.2 Å². The number of fused-ring (bicyclic) bond motifs is 1. The summed E-state index contributed by atoms with van der Waals surface area (Å²) in [5.41, 5.74) is 1.94. The SMILES string of the molecule is CCS(=O)(=O)n1cc(-c2ccnc(Cl)n2)c2ccccc21. The molecule has 2 aromatic heterocycles. The van der Waals surface area contributed by atoms with Crippen molar-refractivity contribution >= 4 is 32.5 Å². The highest BCUT2D eigenvalue weighted by Crippen LogP contribution is 2.30. The van der Waals surface area contributed by atoms with Crippen molar-refractivity contribution in [3.05, 3.63) is 48.0 Å². The van der Waals surface area contributed by atoms with Crippen LogP contribution in [0.4, 0.5) is 0 Å². The normalized spacial score (nSPS) is 11.9. The number of hydrogen-bond donors (Lipinski definition) is 0. The average Bonchev–Trinajstić information content (AvgIpc) is 2.87. The van der Waals surface area contributed by atoms with Crippen molar-refractivity contribution < 1.29 is 8.42 Å². The smallest absolute Gasteiger partial charge is 0.238 e. The van der Waals surface area contributed by atoms with Gasteiger partial charge < -0.3 is 0 Å². The van der Waals surface area contributed by atoms with Gasteiger partial charge in [0.1, 0.15) is 0 Å². The van der Waals surface area contributed by atoms with Crippen LogP contribution in [0, 0.1) is 0 Å². The zero-order valence-electron chi connectivity index (χ0n) is 11.2. The molecule has 0 bridgehead atoms. The molecular weight excluding hydrogens is 310 g/mol. The van der Waals surface area contributed by atoms with Crippen molar-refractivity contribution in [2.24, 2.45) is 0 Å². The van der Waals surface area contributed by atoms with Crippen LogP contribution in [0.3, 0.4) is 0 Å². The molecule has 0 aliphatic rings. The highest BCUT2D eigenvalue weighted by Gasteiger charge is 2.18. The van der Waals surface area contributed by atoms with E-state index in [1.807, 2.05) is 12.1 Å². The predicted octanol–water partition coefficient (Wildman–Crippen LogP) is 2.95. The van der Waals surface area contributed by atoms with Crippen LogP contribution in [0.2, 0.25) is 5.28 Å². The molecule has 0 aliphatic heterocycles. The molecule has 0 unspecified atom stereocenters. The van der Waals surface area contributed by atoms with E-state index in [1.165, 1.54) is 3.97 Å². The molecular formula is C14H12ClN3O2S.